The van der Waals surface area contributed by atoms with Crippen molar-refractivity contribution in [1.82, 2.24) is 5.06 Å². The Balaban J connectivity index is 3.03. The molecule has 0 amide bonds. The van der Waals surface area contributed by atoms with Crippen molar-refractivity contribution >= 4 is 21.7 Å². The molecule has 1 unspecified atom stereocenters. The van der Waals surface area contributed by atoms with Gasteiger partial charge in [-0.05, 0) is 27.7 Å². The molecule has 1 radical (unpaired) electrons. The molecule has 75 valence electrons. The number of ketones is 1. The Labute approximate surface area is 87.2 Å². The Kier molecular flexibility index (Phi) is 2.60. The van der Waals surface area contributed by atoms with Crippen LogP contribution in [0.15, 0.2) is 0 Å². The second kappa shape index (κ2) is 3.04. The van der Waals surface area contributed by atoms with E-state index in [1.165, 1.54) is 0 Å². The van der Waals surface area contributed by atoms with E-state index in [0.29, 0.717) is 6.42 Å². The minimum Gasteiger partial charge on any atom is -0.298 e. The highest BCUT2D eigenvalue weighted by molar-refractivity contribution is 9.10. The van der Waals surface area contributed by atoms with Crippen molar-refractivity contribution in [2.45, 2.75) is 50.0 Å². The Morgan fingerprint density at radius 3 is 2.31 bits per heavy atom. The summed E-state index contributed by atoms with van der Waals surface area (Å²) in [5.41, 5.74) is -1.23. The average Bonchev–Trinajstić information content (AvgIpc) is 1.98. The first-order valence-electron chi connectivity index (χ1n) is 4.34. The highest BCUT2D eigenvalue weighted by Gasteiger charge is 2.51. The fourth-order valence-corrected chi connectivity index (χ4v) is 2.21. The summed E-state index contributed by atoms with van der Waals surface area (Å²) < 4.78 is 0. The van der Waals surface area contributed by atoms with Crippen LogP contribution in [0.4, 0.5) is 0 Å². The maximum atomic E-state index is 11.9. The van der Waals surface area contributed by atoms with Crippen molar-refractivity contribution in [3.63, 3.8) is 0 Å². The van der Waals surface area contributed by atoms with Crippen molar-refractivity contribution in [3.05, 3.63) is 0 Å². The van der Waals surface area contributed by atoms with Gasteiger partial charge in [0.05, 0.1) is 15.9 Å². The van der Waals surface area contributed by atoms with Crippen molar-refractivity contribution < 1.29 is 10.0 Å². The minimum atomic E-state index is -0.654. The summed E-state index contributed by atoms with van der Waals surface area (Å²) in [7, 11) is 0. The van der Waals surface area contributed by atoms with E-state index in [9.17, 15) is 10.0 Å². The molecule has 1 aliphatic rings. The SMILES string of the molecule is CC1(C)CC(=O)C(Br)C(C)(C)N1[O]. The van der Waals surface area contributed by atoms with Gasteiger partial charge in [-0.2, -0.15) is 0 Å². The molecule has 13 heavy (non-hydrogen) atoms. The summed E-state index contributed by atoms with van der Waals surface area (Å²) in [5.74, 6) is 0.113. The molecule has 0 aromatic rings. The lowest BCUT2D eigenvalue weighted by Gasteiger charge is -2.48. The number of hydrogen-bond donors (Lipinski definition) is 0. The molecule has 1 rings (SSSR count). The molecule has 0 aliphatic carbocycles. The molecule has 3 nitrogen and oxygen atoms in total. The summed E-state index contributed by atoms with van der Waals surface area (Å²) in [4.78, 5) is 11.2. The number of nitrogens with zero attached hydrogens (tertiary/aromatic N) is 1. The number of carbonyl (C=O) groups is 1. The molecule has 1 atom stereocenters. The maximum absolute atomic E-state index is 11.9. The van der Waals surface area contributed by atoms with E-state index < -0.39 is 11.1 Å². The van der Waals surface area contributed by atoms with Gasteiger partial charge in [-0.1, -0.05) is 15.9 Å². The summed E-state index contributed by atoms with van der Waals surface area (Å²) >= 11 is 3.28. The lowest BCUT2D eigenvalue weighted by atomic mass is 9.81. The van der Waals surface area contributed by atoms with Crippen molar-refractivity contribution in [1.29, 1.82) is 0 Å². The zero-order valence-corrected chi connectivity index (χ0v) is 10.0. The standard InChI is InChI=1S/C9H15BrNO2/c1-8(2)5-6(12)7(10)9(3,4)11(8)13/h7H,5H2,1-4H3. The van der Waals surface area contributed by atoms with E-state index in [1.807, 2.05) is 0 Å². The molecule has 0 aromatic carbocycles. The van der Waals surface area contributed by atoms with E-state index >= 15 is 0 Å². The molecule has 1 saturated heterocycles. The van der Waals surface area contributed by atoms with Gasteiger partial charge in [0.15, 0.2) is 0 Å². The molecule has 0 spiro atoms. The van der Waals surface area contributed by atoms with Gasteiger partial charge >= 0.3 is 0 Å². The number of carbonyl (C=O) groups excluding carboxylic acids is 1. The first kappa shape index (κ1) is 11.1. The van der Waals surface area contributed by atoms with Gasteiger partial charge in [-0.3, -0.25) is 4.79 Å². The van der Waals surface area contributed by atoms with Crippen LogP contribution >= 0.6 is 15.9 Å². The van der Waals surface area contributed by atoms with E-state index in [2.05, 4.69) is 15.9 Å². The van der Waals surface area contributed by atoms with Gasteiger partial charge in [0.25, 0.3) is 0 Å². The smallest absolute Gasteiger partial charge is 0.150 e. The third-order valence-electron chi connectivity index (χ3n) is 2.58. The van der Waals surface area contributed by atoms with Crippen LogP contribution in [0.25, 0.3) is 0 Å². The monoisotopic (exact) mass is 248 g/mol. The van der Waals surface area contributed by atoms with Gasteiger partial charge in [0.2, 0.25) is 0 Å². The second-order valence-corrected chi connectivity index (χ2v) is 5.68. The minimum absolute atomic E-state index is 0.113. The summed E-state index contributed by atoms with van der Waals surface area (Å²) in [5, 5.41) is 12.9. The molecule has 1 heterocycles. The molecule has 0 saturated carbocycles. The Hall–Kier alpha value is 0.0700. The molecular weight excluding hydrogens is 234 g/mol. The third-order valence-corrected chi connectivity index (χ3v) is 4.21. The zero-order chi connectivity index (χ0) is 10.4. The molecular formula is C9H15BrNO2. The number of Topliss-reactive ketones (excluding diaryl/α,β-unsaturated/α-hetero) is 1. The number of hydrogen-bond acceptors (Lipinski definition) is 2. The average molecular weight is 249 g/mol. The van der Waals surface area contributed by atoms with Gasteiger partial charge in [-0.25, -0.2) is 0 Å². The lowest BCUT2D eigenvalue weighted by molar-refractivity contribution is -0.278. The highest BCUT2D eigenvalue weighted by atomic mass is 79.9. The molecule has 1 aliphatic heterocycles. The van der Waals surface area contributed by atoms with Gasteiger partial charge in [0, 0.05) is 6.42 Å². The van der Waals surface area contributed by atoms with Crippen molar-refractivity contribution in [2.24, 2.45) is 0 Å². The molecule has 1 fully saturated rings. The van der Waals surface area contributed by atoms with Crippen LogP contribution in [0.5, 0.6) is 0 Å². The van der Waals surface area contributed by atoms with Gasteiger partial charge in [-0.15, -0.1) is 10.3 Å². The van der Waals surface area contributed by atoms with E-state index in [1.54, 1.807) is 27.7 Å². The van der Waals surface area contributed by atoms with E-state index in [4.69, 9.17) is 0 Å². The molecule has 4 heteroatoms. The first-order valence-corrected chi connectivity index (χ1v) is 5.25. The predicted octanol–water partition coefficient (Wildman–Crippen LogP) is 1.93. The normalized spacial score (nSPS) is 33.4. The second-order valence-electron chi connectivity index (χ2n) is 4.77. The van der Waals surface area contributed by atoms with Crippen LogP contribution in [0.2, 0.25) is 0 Å². The third kappa shape index (κ3) is 1.67. The van der Waals surface area contributed by atoms with Crippen molar-refractivity contribution in [3.8, 4) is 0 Å². The molecule has 0 N–H and O–H groups in total. The topological polar surface area (TPSA) is 40.2 Å². The Morgan fingerprint density at radius 2 is 1.85 bits per heavy atom. The fourth-order valence-electron chi connectivity index (χ4n) is 1.86. The first-order chi connectivity index (χ1) is 5.69. The number of alkyl halides is 1. The summed E-state index contributed by atoms with van der Waals surface area (Å²) in [6.45, 7) is 7.19. The van der Waals surface area contributed by atoms with E-state index in [-0.39, 0.29) is 10.6 Å². The number of piperidine rings is 1. The predicted molar refractivity (Wildman–Crippen MR) is 53.0 cm³/mol. The Bertz CT molecular complexity index is 238. The van der Waals surface area contributed by atoms with Crippen LogP contribution in [-0.2, 0) is 10.0 Å². The summed E-state index contributed by atoms with van der Waals surface area (Å²) in [6, 6.07) is 0. The van der Waals surface area contributed by atoms with Gasteiger partial charge < -0.3 is 0 Å². The maximum Gasteiger partial charge on any atom is 0.150 e. The van der Waals surface area contributed by atoms with Crippen LogP contribution in [0.3, 0.4) is 0 Å². The van der Waals surface area contributed by atoms with Crippen LogP contribution in [0.1, 0.15) is 34.1 Å². The lowest BCUT2D eigenvalue weighted by Crippen LogP contribution is -2.64. The Morgan fingerprint density at radius 1 is 1.38 bits per heavy atom. The number of halogens is 1. The molecule has 0 bridgehead atoms. The fraction of sp³-hybridized carbons (Fsp3) is 0.889. The summed E-state index contributed by atoms with van der Waals surface area (Å²) in [6.07, 6.45) is 0.315. The van der Waals surface area contributed by atoms with Crippen molar-refractivity contribution in [2.75, 3.05) is 0 Å². The number of rotatable bonds is 0. The van der Waals surface area contributed by atoms with Crippen LogP contribution < -0.4 is 0 Å². The quantitative estimate of drug-likeness (QED) is 0.615. The highest BCUT2D eigenvalue weighted by Crippen LogP contribution is 2.38. The van der Waals surface area contributed by atoms with Crippen LogP contribution in [-0.4, -0.2) is 26.8 Å². The molecule has 0 aromatic heterocycles. The van der Waals surface area contributed by atoms with E-state index in [0.717, 1.165) is 5.06 Å². The zero-order valence-electron chi connectivity index (χ0n) is 8.43. The van der Waals surface area contributed by atoms with Crippen LogP contribution in [0, 0.1) is 0 Å². The number of hydroxylamine groups is 2. The van der Waals surface area contributed by atoms with Gasteiger partial charge in [0.1, 0.15) is 5.78 Å². The largest absolute Gasteiger partial charge is 0.298 e.